The van der Waals surface area contributed by atoms with E-state index in [1.807, 2.05) is 11.3 Å². The Labute approximate surface area is 135 Å². The lowest BCUT2D eigenvalue weighted by Crippen LogP contribution is -2.44. The van der Waals surface area contributed by atoms with Gasteiger partial charge in [0.25, 0.3) is 0 Å². The summed E-state index contributed by atoms with van der Waals surface area (Å²) in [5, 5.41) is 2.17. The molecule has 2 heterocycles. The van der Waals surface area contributed by atoms with Gasteiger partial charge in [-0.3, -0.25) is 4.79 Å². The maximum Gasteiger partial charge on any atom is 0.226 e. The zero-order valence-corrected chi connectivity index (χ0v) is 13.7. The number of benzene rings is 1. The second kappa shape index (κ2) is 5.54. The van der Waals surface area contributed by atoms with Gasteiger partial charge in [0, 0.05) is 17.3 Å². The van der Waals surface area contributed by atoms with Gasteiger partial charge in [-0.25, -0.2) is 0 Å². The molecule has 1 aliphatic heterocycles. The van der Waals surface area contributed by atoms with Crippen molar-refractivity contribution in [1.29, 1.82) is 0 Å². The van der Waals surface area contributed by atoms with E-state index in [9.17, 15) is 4.79 Å². The second-order valence-electron chi connectivity index (χ2n) is 6.52. The van der Waals surface area contributed by atoms with Gasteiger partial charge in [0.1, 0.15) is 0 Å². The van der Waals surface area contributed by atoms with Crippen molar-refractivity contribution in [3.63, 3.8) is 0 Å². The second-order valence-corrected chi connectivity index (χ2v) is 7.52. The summed E-state index contributed by atoms with van der Waals surface area (Å²) in [5.41, 5.74) is 3.85. The van der Waals surface area contributed by atoms with Gasteiger partial charge in [0.2, 0.25) is 5.91 Å². The molecule has 1 saturated carbocycles. The third-order valence-electron chi connectivity index (χ3n) is 5.10. The molecule has 1 atom stereocenters. The van der Waals surface area contributed by atoms with Crippen molar-refractivity contribution >= 4 is 17.2 Å². The highest BCUT2D eigenvalue weighted by atomic mass is 32.1. The normalized spacial score (nSPS) is 21.3. The molecule has 1 aromatic carbocycles. The molecule has 2 aromatic rings. The first kappa shape index (κ1) is 14.0. The van der Waals surface area contributed by atoms with E-state index in [-0.39, 0.29) is 12.0 Å². The fourth-order valence-electron chi connectivity index (χ4n) is 3.55. The maximum atomic E-state index is 12.9. The van der Waals surface area contributed by atoms with Crippen LogP contribution in [-0.4, -0.2) is 17.4 Å². The lowest BCUT2D eigenvalue weighted by Gasteiger charge is -2.40. The molecule has 2 nitrogen and oxygen atoms in total. The summed E-state index contributed by atoms with van der Waals surface area (Å²) < 4.78 is 0. The first-order valence-corrected chi connectivity index (χ1v) is 9.05. The number of aryl methyl sites for hydroxylation is 1. The van der Waals surface area contributed by atoms with Crippen LogP contribution in [0.3, 0.4) is 0 Å². The zero-order chi connectivity index (χ0) is 15.1. The molecular weight excluding hydrogens is 290 g/mol. The molecule has 0 unspecified atom stereocenters. The van der Waals surface area contributed by atoms with Crippen molar-refractivity contribution < 1.29 is 4.79 Å². The topological polar surface area (TPSA) is 20.3 Å². The van der Waals surface area contributed by atoms with Gasteiger partial charge in [-0.05, 0) is 48.8 Å². The third kappa shape index (κ3) is 2.28. The Hall–Kier alpha value is -1.61. The minimum atomic E-state index is 0.115. The van der Waals surface area contributed by atoms with E-state index in [0.29, 0.717) is 5.91 Å². The molecule has 0 saturated heterocycles. The first-order chi connectivity index (χ1) is 10.7. The standard InChI is InChI=1S/C19H21NOS/c1-13-5-7-14(8-6-13)18-16-10-12-22-17(16)9-11-20(18)19(21)15-3-2-4-15/h5-8,10,12,15,18H,2-4,9,11H2,1H3/t18-/m1/s1. The molecule has 1 aromatic heterocycles. The van der Waals surface area contributed by atoms with E-state index in [0.717, 1.165) is 25.8 Å². The van der Waals surface area contributed by atoms with Crippen LogP contribution in [0.15, 0.2) is 35.7 Å². The van der Waals surface area contributed by atoms with Gasteiger partial charge in [0.05, 0.1) is 6.04 Å². The molecule has 0 N–H and O–H groups in total. The Morgan fingerprint density at radius 3 is 2.64 bits per heavy atom. The number of nitrogens with zero attached hydrogens (tertiary/aromatic N) is 1. The summed E-state index contributed by atoms with van der Waals surface area (Å²) in [7, 11) is 0. The van der Waals surface area contributed by atoms with Crippen molar-refractivity contribution in [1.82, 2.24) is 4.90 Å². The van der Waals surface area contributed by atoms with Crippen LogP contribution in [0.2, 0.25) is 0 Å². The number of hydrogen-bond acceptors (Lipinski definition) is 2. The van der Waals surface area contributed by atoms with Crippen LogP contribution < -0.4 is 0 Å². The van der Waals surface area contributed by atoms with Gasteiger partial charge in [-0.15, -0.1) is 11.3 Å². The number of thiophene rings is 1. The zero-order valence-electron chi connectivity index (χ0n) is 12.9. The van der Waals surface area contributed by atoms with E-state index < -0.39 is 0 Å². The number of rotatable bonds is 2. The lowest BCUT2D eigenvalue weighted by molar-refractivity contribution is -0.140. The summed E-state index contributed by atoms with van der Waals surface area (Å²) >= 11 is 1.83. The van der Waals surface area contributed by atoms with E-state index in [2.05, 4.69) is 47.5 Å². The highest BCUT2D eigenvalue weighted by Gasteiger charge is 2.37. The minimum absolute atomic E-state index is 0.115. The van der Waals surface area contributed by atoms with Gasteiger partial charge >= 0.3 is 0 Å². The highest BCUT2D eigenvalue weighted by Crippen LogP contribution is 2.40. The number of carbonyl (C=O) groups is 1. The van der Waals surface area contributed by atoms with Gasteiger partial charge in [0.15, 0.2) is 0 Å². The average Bonchev–Trinajstić information content (AvgIpc) is 2.93. The van der Waals surface area contributed by atoms with Crippen molar-refractivity contribution in [2.75, 3.05) is 6.54 Å². The van der Waals surface area contributed by atoms with Crippen LogP contribution in [0.1, 0.15) is 46.9 Å². The van der Waals surface area contributed by atoms with Crippen molar-refractivity contribution in [2.45, 2.75) is 38.6 Å². The average molecular weight is 311 g/mol. The summed E-state index contributed by atoms with van der Waals surface area (Å²) in [5.74, 6) is 0.641. The molecular formula is C19H21NOS. The molecule has 4 rings (SSSR count). The van der Waals surface area contributed by atoms with E-state index >= 15 is 0 Å². The fourth-order valence-corrected chi connectivity index (χ4v) is 4.46. The van der Waals surface area contributed by atoms with Crippen LogP contribution in [-0.2, 0) is 11.2 Å². The van der Waals surface area contributed by atoms with Gasteiger partial charge in [-0.1, -0.05) is 36.2 Å². The number of carbonyl (C=O) groups excluding carboxylic acids is 1. The Morgan fingerprint density at radius 1 is 1.18 bits per heavy atom. The molecule has 0 radical (unpaired) electrons. The maximum absolute atomic E-state index is 12.9. The van der Waals surface area contributed by atoms with Crippen molar-refractivity contribution in [2.24, 2.45) is 5.92 Å². The van der Waals surface area contributed by atoms with Crippen LogP contribution in [0.4, 0.5) is 0 Å². The highest BCUT2D eigenvalue weighted by molar-refractivity contribution is 7.10. The van der Waals surface area contributed by atoms with Crippen molar-refractivity contribution in [3.05, 3.63) is 57.3 Å². The lowest BCUT2D eigenvalue weighted by atomic mass is 9.82. The smallest absolute Gasteiger partial charge is 0.226 e. The van der Waals surface area contributed by atoms with Gasteiger partial charge < -0.3 is 4.90 Å². The molecule has 22 heavy (non-hydrogen) atoms. The quantitative estimate of drug-likeness (QED) is 0.808. The van der Waals surface area contributed by atoms with Crippen LogP contribution in [0.25, 0.3) is 0 Å². The van der Waals surface area contributed by atoms with E-state index in [4.69, 9.17) is 0 Å². The summed E-state index contributed by atoms with van der Waals surface area (Å²) in [4.78, 5) is 16.5. The number of hydrogen-bond donors (Lipinski definition) is 0. The molecule has 0 bridgehead atoms. The Morgan fingerprint density at radius 2 is 1.95 bits per heavy atom. The summed E-state index contributed by atoms with van der Waals surface area (Å²) in [6, 6.07) is 11.0. The number of fused-ring (bicyclic) bond motifs is 1. The van der Waals surface area contributed by atoms with E-state index in [1.165, 1.54) is 28.0 Å². The van der Waals surface area contributed by atoms with Crippen LogP contribution >= 0.6 is 11.3 Å². The Bertz CT molecular complexity index is 684. The Kier molecular flexibility index (Phi) is 3.53. The number of amides is 1. The Balaban J connectivity index is 1.74. The predicted octanol–water partition coefficient (Wildman–Crippen LogP) is 4.33. The monoisotopic (exact) mass is 311 g/mol. The molecule has 1 aliphatic carbocycles. The van der Waals surface area contributed by atoms with Crippen molar-refractivity contribution in [3.8, 4) is 0 Å². The minimum Gasteiger partial charge on any atom is -0.331 e. The van der Waals surface area contributed by atoms with E-state index in [1.54, 1.807) is 0 Å². The van der Waals surface area contributed by atoms with Crippen LogP contribution in [0.5, 0.6) is 0 Å². The molecule has 0 spiro atoms. The predicted molar refractivity (Wildman–Crippen MR) is 90.1 cm³/mol. The van der Waals surface area contributed by atoms with Crippen LogP contribution in [0, 0.1) is 12.8 Å². The largest absolute Gasteiger partial charge is 0.331 e. The summed E-state index contributed by atoms with van der Waals surface area (Å²) in [6.45, 7) is 2.97. The molecule has 3 heteroatoms. The molecule has 1 fully saturated rings. The van der Waals surface area contributed by atoms with Gasteiger partial charge in [-0.2, -0.15) is 0 Å². The molecule has 1 amide bonds. The fraction of sp³-hybridized carbons (Fsp3) is 0.421. The SMILES string of the molecule is Cc1ccc([C@@H]2c3ccsc3CCN2C(=O)C2CCC2)cc1. The first-order valence-electron chi connectivity index (χ1n) is 8.17. The molecule has 2 aliphatic rings. The summed E-state index contributed by atoms with van der Waals surface area (Å²) in [6.07, 6.45) is 4.37. The molecule has 114 valence electrons. The third-order valence-corrected chi connectivity index (χ3v) is 6.09.